The van der Waals surface area contributed by atoms with Crippen LogP contribution in [-0.4, -0.2) is 38.2 Å². The van der Waals surface area contributed by atoms with Crippen molar-refractivity contribution in [1.82, 2.24) is 4.31 Å². The molecule has 0 fully saturated rings. The van der Waals surface area contributed by atoms with E-state index in [2.05, 4.69) is 5.32 Å². The van der Waals surface area contributed by atoms with Crippen molar-refractivity contribution in [2.75, 3.05) is 18.9 Å². The van der Waals surface area contributed by atoms with Crippen LogP contribution >= 0.6 is 11.6 Å². The number of sulfonamides is 1. The largest absolute Gasteiger partial charge is 0.424 e. The number of anilines is 1. The predicted molar refractivity (Wildman–Crippen MR) is 102 cm³/mol. The van der Waals surface area contributed by atoms with Crippen LogP contribution in [0.4, 0.5) is 5.69 Å². The molecule has 2 aromatic carbocycles. The fourth-order valence-corrected chi connectivity index (χ4v) is 3.48. The Balaban J connectivity index is 2.09. The number of nitrogens with one attached hydrogen (secondary N) is 1. The summed E-state index contributed by atoms with van der Waals surface area (Å²) in [6.45, 7) is 2.68. The second kappa shape index (κ2) is 8.51. The van der Waals surface area contributed by atoms with Gasteiger partial charge in [-0.2, -0.15) is 4.31 Å². The first-order valence-electron chi connectivity index (χ1n) is 7.90. The van der Waals surface area contributed by atoms with Gasteiger partial charge < -0.3 is 10.1 Å². The quantitative estimate of drug-likeness (QED) is 0.583. The molecule has 0 unspecified atom stereocenters. The predicted octanol–water partition coefficient (Wildman–Crippen LogP) is 2.83. The topological polar surface area (TPSA) is 92.8 Å². The molecule has 1 N–H and O–H groups in total. The highest BCUT2D eigenvalue weighted by Crippen LogP contribution is 2.25. The number of amides is 1. The van der Waals surface area contributed by atoms with E-state index in [1.54, 1.807) is 18.2 Å². The molecular formula is C18H19ClN2O5S. The maximum absolute atomic E-state index is 12.6. The summed E-state index contributed by atoms with van der Waals surface area (Å²) in [5.74, 6) is -0.851. The van der Waals surface area contributed by atoms with Crippen molar-refractivity contribution in [3.63, 3.8) is 0 Å². The Morgan fingerprint density at radius 3 is 2.37 bits per heavy atom. The minimum absolute atomic E-state index is 0.0134. The van der Waals surface area contributed by atoms with E-state index >= 15 is 0 Å². The number of halogens is 1. The summed E-state index contributed by atoms with van der Waals surface area (Å²) in [6.07, 6.45) is 0. The molecule has 1 amide bonds. The SMILES string of the molecule is CC(=O)Nc1ccc(S(=O)(=O)N(C)CC(=O)Oc2cc(C)ccc2Cl)cc1. The molecule has 0 saturated carbocycles. The smallest absolute Gasteiger partial charge is 0.326 e. The Bertz CT molecular complexity index is 958. The van der Waals surface area contributed by atoms with Crippen LogP contribution in [0, 0.1) is 6.92 Å². The number of benzene rings is 2. The maximum atomic E-state index is 12.6. The van der Waals surface area contributed by atoms with Crippen molar-refractivity contribution in [1.29, 1.82) is 0 Å². The number of hydrogen-bond acceptors (Lipinski definition) is 5. The normalized spacial score (nSPS) is 11.3. The van der Waals surface area contributed by atoms with Gasteiger partial charge in [-0.3, -0.25) is 9.59 Å². The van der Waals surface area contributed by atoms with Gasteiger partial charge in [-0.25, -0.2) is 8.42 Å². The fraction of sp³-hybridized carbons (Fsp3) is 0.222. The Kier molecular flexibility index (Phi) is 6.59. The van der Waals surface area contributed by atoms with Crippen molar-refractivity contribution in [3.05, 3.63) is 53.1 Å². The van der Waals surface area contributed by atoms with E-state index in [0.717, 1.165) is 9.87 Å². The van der Waals surface area contributed by atoms with E-state index in [9.17, 15) is 18.0 Å². The first-order chi connectivity index (χ1) is 12.6. The maximum Gasteiger partial charge on any atom is 0.326 e. The van der Waals surface area contributed by atoms with Gasteiger partial charge >= 0.3 is 5.97 Å². The van der Waals surface area contributed by atoms with Gasteiger partial charge in [0, 0.05) is 19.7 Å². The highest BCUT2D eigenvalue weighted by molar-refractivity contribution is 7.89. The molecule has 0 spiro atoms. The molecule has 0 radical (unpaired) electrons. The van der Waals surface area contributed by atoms with Crippen molar-refractivity contribution in [2.24, 2.45) is 0 Å². The number of aryl methyl sites for hydroxylation is 1. The van der Waals surface area contributed by atoms with E-state index in [4.69, 9.17) is 16.3 Å². The lowest BCUT2D eigenvalue weighted by atomic mass is 10.2. The first kappa shape index (κ1) is 20.9. The summed E-state index contributed by atoms with van der Waals surface area (Å²) < 4.78 is 31.2. The Morgan fingerprint density at radius 2 is 1.78 bits per heavy atom. The summed E-state index contributed by atoms with van der Waals surface area (Å²) in [7, 11) is -2.63. The van der Waals surface area contributed by atoms with Gasteiger partial charge in [-0.1, -0.05) is 17.7 Å². The molecule has 7 nitrogen and oxygen atoms in total. The van der Waals surface area contributed by atoms with E-state index in [1.807, 2.05) is 6.92 Å². The van der Waals surface area contributed by atoms with Gasteiger partial charge in [0.1, 0.15) is 12.3 Å². The van der Waals surface area contributed by atoms with Gasteiger partial charge in [0.2, 0.25) is 15.9 Å². The van der Waals surface area contributed by atoms with Crippen molar-refractivity contribution in [3.8, 4) is 5.75 Å². The molecule has 0 aromatic heterocycles. The first-order valence-corrected chi connectivity index (χ1v) is 9.72. The van der Waals surface area contributed by atoms with Crippen LogP contribution in [0.5, 0.6) is 5.75 Å². The molecule has 2 rings (SSSR count). The zero-order valence-corrected chi connectivity index (χ0v) is 16.6. The highest BCUT2D eigenvalue weighted by atomic mass is 35.5. The molecule has 0 aliphatic rings. The van der Waals surface area contributed by atoms with E-state index in [0.29, 0.717) is 5.69 Å². The number of ether oxygens (including phenoxy) is 1. The third-order valence-corrected chi connectivity index (χ3v) is 5.67. The van der Waals surface area contributed by atoms with Crippen LogP contribution in [0.15, 0.2) is 47.4 Å². The molecular weight excluding hydrogens is 392 g/mol. The third kappa shape index (κ3) is 5.53. The van der Waals surface area contributed by atoms with Crippen LogP contribution in [-0.2, 0) is 19.6 Å². The minimum atomic E-state index is -3.90. The molecule has 27 heavy (non-hydrogen) atoms. The zero-order valence-electron chi connectivity index (χ0n) is 15.0. The number of rotatable bonds is 6. The average molecular weight is 411 g/mol. The van der Waals surface area contributed by atoms with Crippen molar-refractivity contribution in [2.45, 2.75) is 18.7 Å². The summed E-state index contributed by atoms with van der Waals surface area (Å²) >= 11 is 5.97. The van der Waals surface area contributed by atoms with Crippen molar-refractivity contribution >= 4 is 39.2 Å². The number of carbonyl (C=O) groups excluding carboxylic acids is 2. The molecule has 144 valence electrons. The molecule has 0 atom stereocenters. The molecule has 9 heteroatoms. The summed E-state index contributed by atoms with van der Waals surface area (Å²) in [5.41, 5.74) is 1.32. The van der Waals surface area contributed by atoms with Crippen LogP contribution in [0.2, 0.25) is 5.02 Å². The van der Waals surface area contributed by atoms with Crippen LogP contribution in [0.25, 0.3) is 0 Å². The second-order valence-electron chi connectivity index (χ2n) is 5.87. The van der Waals surface area contributed by atoms with Gasteiger partial charge in [0.05, 0.1) is 9.92 Å². The highest BCUT2D eigenvalue weighted by Gasteiger charge is 2.24. The van der Waals surface area contributed by atoms with Crippen LogP contribution in [0.1, 0.15) is 12.5 Å². The monoisotopic (exact) mass is 410 g/mol. The standard InChI is InChI=1S/C18H19ClN2O5S/c1-12-4-9-16(19)17(10-12)26-18(23)11-21(3)27(24,25)15-7-5-14(6-8-15)20-13(2)22/h4-10H,11H2,1-3H3,(H,20,22). The van der Waals surface area contributed by atoms with Gasteiger partial charge in [0.25, 0.3) is 0 Å². The molecule has 0 saturated heterocycles. The minimum Gasteiger partial charge on any atom is -0.424 e. The molecule has 2 aromatic rings. The Morgan fingerprint density at radius 1 is 1.15 bits per heavy atom. The third-order valence-electron chi connectivity index (χ3n) is 3.55. The average Bonchev–Trinajstić information content (AvgIpc) is 2.58. The van der Waals surface area contributed by atoms with Gasteiger partial charge in [-0.15, -0.1) is 0 Å². The van der Waals surface area contributed by atoms with Crippen molar-refractivity contribution < 1.29 is 22.7 Å². The number of nitrogens with zero attached hydrogens (tertiary/aromatic N) is 1. The van der Waals surface area contributed by atoms with Gasteiger partial charge in [0.15, 0.2) is 0 Å². The van der Waals surface area contributed by atoms with E-state index in [-0.39, 0.29) is 21.6 Å². The number of carbonyl (C=O) groups is 2. The summed E-state index contributed by atoms with van der Waals surface area (Å²) in [5, 5.41) is 2.81. The van der Waals surface area contributed by atoms with E-state index < -0.39 is 22.5 Å². The number of esters is 1. The zero-order chi connectivity index (χ0) is 20.2. The van der Waals surface area contributed by atoms with Crippen LogP contribution in [0.3, 0.4) is 0 Å². The Labute approximate surface area is 162 Å². The lowest BCUT2D eigenvalue weighted by molar-refractivity contribution is -0.134. The van der Waals surface area contributed by atoms with E-state index in [1.165, 1.54) is 38.2 Å². The van der Waals surface area contributed by atoms with Crippen LogP contribution < -0.4 is 10.1 Å². The fourth-order valence-electron chi connectivity index (χ4n) is 2.20. The molecule has 0 aliphatic carbocycles. The Hall–Kier alpha value is -2.42. The second-order valence-corrected chi connectivity index (χ2v) is 8.33. The number of hydrogen-bond donors (Lipinski definition) is 1. The summed E-state index contributed by atoms with van der Waals surface area (Å²) in [4.78, 5) is 23.1. The summed E-state index contributed by atoms with van der Waals surface area (Å²) in [6, 6.07) is 10.6. The molecule has 0 heterocycles. The molecule has 0 aliphatic heterocycles. The lowest BCUT2D eigenvalue weighted by Gasteiger charge is -2.17. The molecule has 0 bridgehead atoms. The van der Waals surface area contributed by atoms with Gasteiger partial charge in [-0.05, 0) is 48.9 Å². The lowest BCUT2D eigenvalue weighted by Crippen LogP contribution is -2.34. The number of likely N-dealkylation sites (N-methyl/N-ethyl adjacent to an activating group) is 1.